The van der Waals surface area contributed by atoms with Crippen LogP contribution in [0.3, 0.4) is 0 Å². The van der Waals surface area contributed by atoms with Crippen molar-refractivity contribution in [2.75, 3.05) is 10.7 Å². The van der Waals surface area contributed by atoms with Crippen LogP contribution < -0.4 is 0 Å². The van der Waals surface area contributed by atoms with E-state index in [-0.39, 0.29) is 14.9 Å². The van der Waals surface area contributed by atoms with Crippen LogP contribution in [0.15, 0.2) is 24.3 Å². The summed E-state index contributed by atoms with van der Waals surface area (Å²) in [7, 11) is 0. The number of terminal acetylenes is 2. The average molecular weight is 581 g/mol. The second-order valence-electron chi connectivity index (χ2n) is 4.73. The molecule has 0 aromatic rings. The Morgan fingerprint density at radius 2 is 0.688 bits per heavy atom. The Morgan fingerprint density at radius 1 is 0.531 bits per heavy atom. The van der Waals surface area contributed by atoms with Crippen LogP contribution in [-0.2, 0) is 0 Å². The molecule has 0 saturated heterocycles. The molecule has 0 aliphatic rings. The fraction of sp³-hybridized carbons (Fsp3) is 0.667. The van der Waals surface area contributed by atoms with Gasteiger partial charge >= 0.3 is 0 Å². The van der Waals surface area contributed by atoms with Gasteiger partial charge in [0.15, 0.2) is 0 Å². The largest absolute Gasteiger partial charge is 0.124 e. The van der Waals surface area contributed by atoms with Gasteiger partial charge in [0, 0.05) is 29.9 Å². The molecule has 0 amide bonds. The normalized spacial score (nSPS) is 6.88. The summed E-state index contributed by atoms with van der Waals surface area (Å²) in [6.45, 7) is 18.7. The molecule has 0 unspecified atom stereocenters. The third-order valence-electron chi connectivity index (χ3n) is 1.96. The molecule has 0 N–H and O–H groups in total. The van der Waals surface area contributed by atoms with Crippen LogP contribution in [-0.4, -0.2) is 10.7 Å². The lowest BCUT2D eigenvalue weighted by Gasteiger charge is -1.72. The van der Waals surface area contributed by atoms with Gasteiger partial charge in [0.1, 0.15) is 0 Å². The molecule has 0 aliphatic heterocycles. The Balaban J connectivity index is -0.0000000281. The molecular formula is C30H60Br2. The van der Waals surface area contributed by atoms with Gasteiger partial charge in [-0.05, 0) is 25.7 Å². The topological polar surface area (TPSA) is 0 Å². The van der Waals surface area contributed by atoms with E-state index in [1.807, 2.05) is 20.8 Å². The van der Waals surface area contributed by atoms with E-state index in [1.54, 1.807) is 0 Å². The van der Waals surface area contributed by atoms with E-state index in [1.165, 1.54) is 25.7 Å². The number of hydrogen-bond acceptors (Lipinski definition) is 0. The van der Waals surface area contributed by atoms with Gasteiger partial charge in [-0.15, -0.1) is 37.0 Å². The lowest BCUT2D eigenvalue weighted by molar-refractivity contribution is 1.16. The highest BCUT2D eigenvalue weighted by Gasteiger charge is 1.60. The van der Waals surface area contributed by atoms with Gasteiger partial charge in [-0.25, -0.2) is 0 Å². The molecule has 0 atom stereocenters. The first-order valence-corrected chi connectivity index (χ1v) is 13.4. The van der Waals surface area contributed by atoms with Crippen LogP contribution in [0, 0.1) is 37.0 Å². The zero-order chi connectivity index (χ0) is 25.3. The van der Waals surface area contributed by atoms with E-state index in [4.69, 9.17) is 6.42 Å². The number of allylic oxidation sites excluding steroid dienone is 4. The lowest BCUT2D eigenvalue weighted by atomic mass is 10.4. The SMILES string of the molecule is C.C.C#C.C#CCC.CC/C=C/CC.CC/C=C\CC.CCBr.CCBr.CCC#CCC. The van der Waals surface area contributed by atoms with Gasteiger partial charge in [-0.3, -0.25) is 0 Å². The van der Waals surface area contributed by atoms with Crippen molar-refractivity contribution in [3.8, 4) is 37.0 Å². The van der Waals surface area contributed by atoms with E-state index in [0.717, 1.165) is 29.9 Å². The third kappa shape index (κ3) is 277. The third-order valence-corrected chi connectivity index (χ3v) is 1.96. The van der Waals surface area contributed by atoms with Crippen LogP contribution in [0.5, 0.6) is 0 Å². The standard InChI is InChI=1S/2C6H12.C6H10.C4H6.2C2H5Br.C2H2.2CH4/c3*1-3-5-6-4-2;1-3-4-2;2*1-2-3;1-2;;/h2*5-6H,3-4H2,1-2H3;3-4H2,1-2H3;1H,4H2,2H3;2*2H2,1H3;1-2H;2*1H4/b6-5+;6-5-;;;;;;;. The quantitative estimate of drug-likeness (QED) is 0.176. The molecule has 0 spiro atoms. The molecular weight excluding hydrogens is 520 g/mol. The fourth-order valence-electron chi connectivity index (χ4n) is 0.917. The molecule has 2 heteroatoms. The summed E-state index contributed by atoms with van der Waals surface area (Å²) < 4.78 is 0. The molecule has 0 fully saturated rings. The Kier molecular flexibility index (Phi) is 201. The number of hydrogen-bond donors (Lipinski definition) is 0. The summed E-state index contributed by atoms with van der Waals surface area (Å²) in [5, 5.41) is 2.12. The van der Waals surface area contributed by atoms with Crippen molar-refractivity contribution in [2.45, 2.75) is 122 Å². The zero-order valence-corrected chi connectivity index (χ0v) is 24.8. The second-order valence-corrected chi connectivity index (χ2v) is 6.97. The Morgan fingerprint density at radius 3 is 0.750 bits per heavy atom. The van der Waals surface area contributed by atoms with Crippen LogP contribution in [0.25, 0.3) is 0 Å². The van der Waals surface area contributed by atoms with Gasteiger partial charge in [0.25, 0.3) is 0 Å². The Hall–Kier alpha value is -0.880. The highest BCUT2D eigenvalue weighted by atomic mass is 79.9. The Bertz CT molecular complexity index is 324. The molecule has 0 aliphatic carbocycles. The summed E-state index contributed by atoms with van der Waals surface area (Å²) in [4.78, 5) is 0. The minimum Gasteiger partial charge on any atom is -0.124 e. The Labute approximate surface area is 225 Å². The van der Waals surface area contributed by atoms with E-state index in [0.29, 0.717) is 0 Å². The number of halogens is 2. The van der Waals surface area contributed by atoms with Gasteiger partial charge < -0.3 is 0 Å². The lowest BCUT2D eigenvalue weighted by Crippen LogP contribution is -1.52. The fourth-order valence-corrected chi connectivity index (χ4v) is 0.917. The van der Waals surface area contributed by atoms with E-state index in [9.17, 15) is 0 Å². The maximum Gasteiger partial charge on any atom is 0.00602 e. The van der Waals surface area contributed by atoms with Gasteiger partial charge in [-0.1, -0.05) is 133 Å². The first-order valence-electron chi connectivity index (χ1n) is 11.1. The maximum absolute atomic E-state index is 4.78. The highest BCUT2D eigenvalue weighted by Crippen LogP contribution is 1.82. The molecule has 194 valence electrons. The first kappa shape index (κ1) is 57.7. The van der Waals surface area contributed by atoms with Crippen molar-refractivity contribution in [3.63, 3.8) is 0 Å². The summed E-state index contributed by atoms with van der Waals surface area (Å²) >= 11 is 6.29. The summed E-state index contributed by atoms with van der Waals surface area (Å²) in [6.07, 6.45) is 29.0. The molecule has 0 radical (unpaired) electrons. The molecule has 0 aromatic heterocycles. The van der Waals surface area contributed by atoms with Crippen LogP contribution in [0.4, 0.5) is 0 Å². The van der Waals surface area contributed by atoms with Gasteiger partial charge in [0.2, 0.25) is 0 Å². The monoisotopic (exact) mass is 578 g/mol. The minimum atomic E-state index is 0. The molecule has 0 saturated carbocycles. The molecule has 0 rings (SSSR count). The predicted molar refractivity (Wildman–Crippen MR) is 169 cm³/mol. The van der Waals surface area contributed by atoms with Crippen molar-refractivity contribution in [3.05, 3.63) is 24.3 Å². The van der Waals surface area contributed by atoms with E-state index < -0.39 is 0 Å². The molecule has 0 nitrogen and oxygen atoms in total. The summed E-state index contributed by atoms with van der Waals surface area (Å²) in [5.41, 5.74) is 0. The van der Waals surface area contributed by atoms with E-state index >= 15 is 0 Å². The number of alkyl halides is 2. The molecule has 0 aromatic carbocycles. The second kappa shape index (κ2) is 112. The highest BCUT2D eigenvalue weighted by molar-refractivity contribution is 9.09. The van der Waals surface area contributed by atoms with Gasteiger partial charge in [0.05, 0.1) is 0 Å². The van der Waals surface area contributed by atoms with Crippen molar-refractivity contribution in [1.82, 2.24) is 0 Å². The van der Waals surface area contributed by atoms with Crippen LogP contribution in [0.1, 0.15) is 122 Å². The number of rotatable bonds is 4. The molecule has 0 heterocycles. The minimum absolute atomic E-state index is 0. The van der Waals surface area contributed by atoms with E-state index in [2.05, 4.69) is 128 Å². The van der Waals surface area contributed by atoms with Gasteiger partial charge in [-0.2, -0.15) is 0 Å². The smallest absolute Gasteiger partial charge is 0.00602 e. The molecule has 0 bridgehead atoms. The summed E-state index contributed by atoms with van der Waals surface area (Å²) in [5.74, 6) is 8.33. The predicted octanol–water partition coefficient (Wildman–Crippen LogP) is 11.9. The maximum atomic E-state index is 4.78. The van der Waals surface area contributed by atoms with Crippen molar-refractivity contribution in [2.24, 2.45) is 0 Å². The van der Waals surface area contributed by atoms with Crippen molar-refractivity contribution in [1.29, 1.82) is 0 Å². The van der Waals surface area contributed by atoms with Crippen molar-refractivity contribution >= 4 is 31.9 Å². The van der Waals surface area contributed by atoms with Crippen LogP contribution >= 0.6 is 31.9 Å². The zero-order valence-electron chi connectivity index (χ0n) is 21.7. The van der Waals surface area contributed by atoms with Crippen molar-refractivity contribution < 1.29 is 0 Å². The van der Waals surface area contributed by atoms with Crippen LogP contribution in [0.2, 0.25) is 0 Å². The summed E-state index contributed by atoms with van der Waals surface area (Å²) in [6, 6.07) is 0. The average Bonchev–Trinajstić information content (AvgIpc) is 2.78. The molecule has 32 heavy (non-hydrogen) atoms. The first-order chi connectivity index (χ1) is 14.5.